The zero-order valence-corrected chi connectivity index (χ0v) is 16.5. The number of nitrogens with two attached hydrogens (primary N) is 1. The minimum atomic E-state index is -0.864. The molecule has 12 heteroatoms. The number of halogens is 2. The van der Waals surface area contributed by atoms with Crippen LogP contribution < -0.4 is 21.3 Å². The van der Waals surface area contributed by atoms with Crippen molar-refractivity contribution in [2.45, 2.75) is 5.16 Å². The quantitative estimate of drug-likeness (QED) is 0.216. The molecule has 0 radical (unpaired) electrons. The van der Waals surface area contributed by atoms with E-state index in [2.05, 4.69) is 26.0 Å². The van der Waals surface area contributed by atoms with Crippen molar-refractivity contribution >= 4 is 35.5 Å². The van der Waals surface area contributed by atoms with E-state index in [1.54, 1.807) is 25.5 Å². The molecule has 1 heterocycles. The van der Waals surface area contributed by atoms with Gasteiger partial charge in [-0.05, 0) is 42.0 Å². The molecule has 1 amide bonds. The SMILES string of the molecule is COc1ccc(/C=N/Nc2nnc(SCC(=O)Nc3ccc(F)cc3F)n2N)cc1. The summed E-state index contributed by atoms with van der Waals surface area (Å²) < 4.78 is 32.7. The third-order valence-corrected chi connectivity index (χ3v) is 4.64. The van der Waals surface area contributed by atoms with Gasteiger partial charge in [-0.25, -0.2) is 18.9 Å². The molecule has 0 unspecified atom stereocenters. The number of amides is 1. The van der Waals surface area contributed by atoms with Crippen LogP contribution in [0.2, 0.25) is 0 Å². The van der Waals surface area contributed by atoms with Crippen LogP contribution in [0.1, 0.15) is 5.56 Å². The minimum Gasteiger partial charge on any atom is -0.497 e. The summed E-state index contributed by atoms with van der Waals surface area (Å²) in [5.74, 6) is 4.56. The van der Waals surface area contributed by atoms with Crippen LogP contribution >= 0.6 is 11.8 Å². The van der Waals surface area contributed by atoms with Gasteiger partial charge in [-0.1, -0.05) is 11.8 Å². The van der Waals surface area contributed by atoms with Crippen molar-refractivity contribution in [3.63, 3.8) is 0 Å². The third-order valence-electron chi connectivity index (χ3n) is 3.70. The minimum absolute atomic E-state index is 0.110. The van der Waals surface area contributed by atoms with Crippen LogP contribution in [0.5, 0.6) is 5.75 Å². The van der Waals surface area contributed by atoms with Gasteiger partial charge in [0.1, 0.15) is 17.4 Å². The van der Waals surface area contributed by atoms with Gasteiger partial charge in [0.25, 0.3) is 5.95 Å². The first-order valence-corrected chi connectivity index (χ1v) is 9.46. The van der Waals surface area contributed by atoms with Crippen LogP contribution in [0, 0.1) is 11.6 Å². The molecule has 0 aliphatic carbocycles. The number of hydrogen-bond donors (Lipinski definition) is 3. The molecule has 3 rings (SSSR count). The Kier molecular flexibility index (Phi) is 6.80. The standard InChI is InChI=1S/C18H17F2N7O2S/c1-29-13-5-2-11(3-6-13)9-22-24-17-25-26-18(27(17)21)30-10-16(28)23-15-7-4-12(19)8-14(15)20/h2-9H,10,21H2,1H3,(H,23,28)(H,24,25)/b22-9+. The summed E-state index contributed by atoms with van der Waals surface area (Å²) in [5.41, 5.74) is 3.36. The van der Waals surface area contributed by atoms with Gasteiger partial charge in [-0.3, -0.25) is 4.79 Å². The largest absolute Gasteiger partial charge is 0.497 e. The van der Waals surface area contributed by atoms with E-state index in [1.807, 2.05) is 12.1 Å². The van der Waals surface area contributed by atoms with Crippen molar-refractivity contribution in [1.82, 2.24) is 14.9 Å². The Balaban J connectivity index is 1.53. The molecule has 2 aromatic carbocycles. The van der Waals surface area contributed by atoms with Gasteiger partial charge < -0.3 is 15.9 Å². The first-order valence-electron chi connectivity index (χ1n) is 8.47. The average molecular weight is 433 g/mol. The molecule has 0 fully saturated rings. The zero-order chi connectivity index (χ0) is 21.5. The summed E-state index contributed by atoms with van der Waals surface area (Å²) in [7, 11) is 1.58. The number of thioether (sulfide) groups is 1. The third kappa shape index (κ3) is 5.44. The second-order valence-corrected chi connectivity index (χ2v) is 6.72. The Morgan fingerprint density at radius 2 is 2.03 bits per heavy atom. The predicted molar refractivity (Wildman–Crippen MR) is 110 cm³/mol. The Bertz CT molecular complexity index is 1060. The molecule has 0 saturated carbocycles. The van der Waals surface area contributed by atoms with Crippen molar-refractivity contribution in [2.24, 2.45) is 5.10 Å². The zero-order valence-electron chi connectivity index (χ0n) is 15.7. The molecule has 0 bridgehead atoms. The second-order valence-electron chi connectivity index (χ2n) is 5.78. The number of anilines is 2. The highest BCUT2D eigenvalue weighted by Crippen LogP contribution is 2.19. The van der Waals surface area contributed by atoms with Crippen LogP contribution in [0.25, 0.3) is 0 Å². The molecule has 0 aliphatic heterocycles. The molecule has 0 aliphatic rings. The lowest BCUT2D eigenvalue weighted by molar-refractivity contribution is -0.113. The molecule has 156 valence electrons. The number of nitrogens with zero attached hydrogens (tertiary/aromatic N) is 4. The van der Waals surface area contributed by atoms with Crippen molar-refractivity contribution in [1.29, 1.82) is 0 Å². The Morgan fingerprint density at radius 1 is 1.27 bits per heavy atom. The molecular weight excluding hydrogens is 416 g/mol. The van der Waals surface area contributed by atoms with E-state index in [-0.39, 0.29) is 22.5 Å². The van der Waals surface area contributed by atoms with E-state index in [0.29, 0.717) is 6.07 Å². The number of carbonyl (C=O) groups is 1. The van der Waals surface area contributed by atoms with Gasteiger partial charge in [0.15, 0.2) is 0 Å². The lowest BCUT2D eigenvalue weighted by Crippen LogP contribution is -2.17. The number of methoxy groups -OCH3 is 1. The number of nitrogen functional groups attached to an aromatic ring is 1. The fourth-order valence-corrected chi connectivity index (χ4v) is 2.87. The van der Waals surface area contributed by atoms with Crippen molar-refractivity contribution in [3.8, 4) is 5.75 Å². The van der Waals surface area contributed by atoms with E-state index < -0.39 is 17.5 Å². The molecule has 3 aromatic rings. The van der Waals surface area contributed by atoms with Crippen molar-refractivity contribution < 1.29 is 18.3 Å². The Hall–Kier alpha value is -3.67. The van der Waals surface area contributed by atoms with E-state index >= 15 is 0 Å². The van der Waals surface area contributed by atoms with E-state index in [9.17, 15) is 13.6 Å². The number of ether oxygens (including phenoxy) is 1. The van der Waals surface area contributed by atoms with Gasteiger partial charge >= 0.3 is 0 Å². The molecule has 30 heavy (non-hydrogen) atoms. The van der Waals surface area contributed by atoms with Gasteiger partial charge in [0, 0.05) is 6.07 Å². The summed E-state index contributed by atoms with van der Waals surface area (Å²) in [6.45, 7) is 0. The fraction of sp³-hybridized carbons (Fsp3) is 0.111. The summed E-state index contributed by atoms with van der Waals surface area (Å²) in [6, 6.07) is 10.1. The summed E-state index contributed by atoms with van der Waals surface area (Å²) in [6.07, 6.45) is 1.56. The van der Waals surface area contributed by atoms with Crippen molar-refractivity contribution in [2.75, 3.05) is 29.4 Å². The van der Waals surface area contributed by atoms with Crippen LogP contribution in [0.3, 0.4) is 0 Å². The number of hydrazone groups is 1. The van der Waals surface area contributed by atoms with Crippen LogP contribution in [0.4, 0.5) is 20.4 Å². The van der Waals surface area contributed by atoms with E-state index in [4.69, 9.17) is 10.6 Å². The molecule has 9 nitrogen and oxygen atoms in total. The molecule has 1 aromatic heterocycles. The van der Waals surface area contributed by atoms with Gasteiger partial charge in [0.2, 0.25) is 11.1 Å². The highest BCUT2D eigenvalue weighted by atomic mass is 32.2. The summed E-state index contributed by atoms with van der Waals surface area (Å²) in [4.78, 5) is 12.0. The monoisotopic (exact) mass is 433 g/mol. The average Bonchev–Trinajstić information content (AvgIpc) is 3.09. The molecular formula is C18H17F2N7O2S. The topological polar surface area (TPSA) is 119 Å². The number of nitrogens with one attached hydrogen (secondary N) is 2. The summed E-state index contributed by atoms with van der Waals surface area (Å²) >= 11 is 0.988. The fourth-order valence-electron chi connectivity index (χ4n) is 2.21. The smallest absolute Gasteiger partial charge is 0.264 e. The van der Waals surface area contributed by atoms with Crippen molar-refractivity contribution in [3.05, 3.63) is 59.7 Å². The predicted octanol–water partition coefficient (Wildman–Crippen LogP) is 2.46. The van der Waals surface area contributed by atoms with Crippen LogP contribution in [-0.4, -0.2) is 39.9 Å². The van der Waals surface area contributed by atoms with Crippen LogP contribution in [-0.2, 0) is 4.79 Å². The maximum atomic E-state index is 13.6. The first kappa shape index (κ1) is 21.0. The summed E-state index contributed by atoms with van der Waals surface area (Å²) in [5, 5.41) is 14.3. The van der Waals surface area contributed by atoms with Gasteiger partial charge in [0.05, 0.1) is 24.8 Å². The first-order chi connectivity index (χ1) is 14.5. The molecule has 0 saturated heterocycles. The van der Waals surface area contributed by atoms with Crippen LogP contribution in [0.15, 0.2) is 52.7 Å². The highest BCUT2D eigenvalue weighted by molar-refractivity contribution is 7.99. The van der Waals surface area contributed by atoms with E-state index in [0.717, 1.165) is 39.9 Å². The van der Waals surface area contributed by atoms with E-state index in [1.165, 1.54) is 0 Å². The number of aromatic nitrogens is 3. The Morgan fingerprint density at radius 3 is 2.73 bits per heavy atom. The molecule has 0 atom stereocenters. The lowest BCUT2D eigenvalue weighted by atomic mass is 10.2. The number of carbonyl (C=O) groups excluding carboxylic acids is 1. The molecule has 0 spiro atoms. The maximum absolute atomic E-state index is 13.6. The number of hydrogen-bond acceptors (Lipinski definition) is 8. The maximum Gasteiger partial charge on any atom is 0.264 e. The Labute approximate surface area is 174 Å². The normalized spacial score (nSPS) is 10.9. The van der Waals surface area contributed by atoms with Gasteiger partial charge in [-0.2, -0.15) is 5.10 Å². The highest BCUT2D eigenvalue weighted by Gasteiger charge is 2.13. The molecule has 4 N–H and O–H groups in total. The second kappa shape index (κ2) is 9.69. The lowest BCUT2D eigenvalue weighted by Gasteiger charge is -2.06. The number of benzene rings is 2. The number of rotatable bonds is 8. The van der Waals surface area contributed by atoms with Gasteiger partial charge in [-0.15, -0.1) is 10.2 Å².